The molecule has 47 heavy (non-hydrogen) atoms. The molecule has 0 spiro atoms. The molecule has 0 aliphatic rings. The van der Waals surface area contributed by atoms with E-state index < -0.39 is 0 Å². The van der Waals surface area contributed by atoms with Gasteiger partial charge in [-0.1, -0.05) is 76.8 Å². The van der Waals surface area contributed by atoms with Gasteiger partial charge in [-0.3, -0.25) is 21.0 Å². The number of methoxy groups -OCH3 is 1. The first-order valence-corrected chi connectivity index (χ1v) is 16.8. The van der Waals surface area contributed by atoms with Crippen LogP contribution in [0.5, 0.6) is 0 Å². The van der Waals surface area contributed by atoms with Crippen LogP contribution < -0.4 is 11.3 Å². The summed E-state index contributed by atoms with van der Waals surface area (Å²) in [5, 5.41) is 1.17. The van der Waals surface area contributed by atoms with Crippen LogP contribution in [0.3, 0.4) is 0 Å². The van der Waals surface area contributed by atoms with Gasteiger partial charge in [-0.25, -0.2) is 0 Å². The predicted octanol–water partition coefficient (Wildman–Crippen LogP) is 8.90. The minimum absolute atomic E-state index is 0.303. The Bertz CT molecular complexity index is 1640. The molecule has 3 N–H and O–H groups in total. The smallest absolute Gasteiger partial charge is 0.293 e. The fraction of sp³-hybridized carbons (Fsp3) is 0.400. The molecule has 4 rings (SSSR count). The number of nitrogens with two attached hydrogens (primary N) is 1. The lowest BCUT2D eigenvalue weighted by molar-refractivity contribution is -0.131. The molecule has 0 atom stereocenters. The number of allylic oxidation sites excluding steroid dienone is 1. The van der Waals surface area contributed by atoms with E-state index >= 15 is 0 Å². The summed E-state index contributed by atoms with van der Waals surface area (Å²) in [7, 11) is 1.62. The van der Waals surface area contributed by atoms with E-state index in [2.05, 4.69) is 97.4 Å². The largest absolute Gasteiger partial charge is 0.495 e. The van der Waals surface area contributed by atoms with Gasteiger partial charge in [0, 0.05) is 41.2 Å². The second kappa shape index (κ2) is 18.2. The van der Waals surface area contributed by atoms with Crippen molar-refractivity contribution in [1.82, 2.24) is 15.0 Å². The van der Waals surface area contributed by atoms with Crippen LogP contribution in [-0.4, -0.2) is 36.3 Å². The molecule has 0 aliphatic heterocycles. The van der Waals surface area contributed by atoms with E-state index in [1.54, 1.807) is 13.3 Å². The third kappa shape index (κ3) is 9.66. The van der Waals surface area contributed by atoms with Crippen molar-refractivity contribution in [1.29, 1.82) is 0 Å². The number of carbonyl (C=O) groups is 1. The Kier molecular flexibility index (Phi) is 14.4. The van der Waals surface area contributed by atoms with E-state index in [1.807, 2.05) is 19.9 Å². The van der Waals surface area contributed by atoms with Crippen molar-refractivity contribution >= 4 is 23.1 Å². The van der Waals surface area contributed by atoms with Crippen LogP contribution in [0.15, 0.2) is 79.5 Å². The molecule has 0 fully saturated rings. The minimum Gasteiger partial charge on any atom is -0.495 e. The molecule has 4 aromatic rings. The Morgan fingerprint density at radius 3 is 2.51 bits per heavy atom. The highest BCUT2D eigenvalue weighted by Gasteiger charge is 2.28. The second-order valence-electron chi connectivity index (χ2n) is 12.4. The van der Waals surface area contributed by atoms with E-state index in [0.29, 0.717) is 31.0 Å². The first-order chi connectivity index (χ1) is 22.7. The van der Waals surface area contributed by atoms with E-state index in [0.717, 1.165) is 67.5 Å². The third-order valence-electron chi connectivity index (χ3n) is 8.38. The number of aromatic nitrogens is 2. The molecular weight excluding hydrogens is 584 g/mol. The van der Waals surface area contributed by atoms with Crippen molar-refractivity contribution in [2.45, 2.75) is 79.7 Å². The van der Waals surface area contributed by atoms with Gasteiger partial charge in [-0.2, -0.15) is 0 Å². The molecule has 2 aromatic heterocycles. The number of aryl methyl sites for hydroxylation is 2. The Balaban J connectivity index is 0.00000294. The summed E-state index contributed by atoms with van der Waals surface area (Å²) in [6.07, 6.45) is 7.59. The van der Waals surface area contributed by atoms with Gasteiger partial charge in [0.25, 0.3) is 6.47 Å². The molecule has 0 saturated heterocycles. The molecule has 0 unspecified atom stereocenters. The van der Waals surface area contributed by atoms with Crippen molar-refractivity contribution in [3.8, 4) is 22.4 Å². The van der Waals surface area contributed by atoms with Gasteiger partial charge < -0.3 is 14.0 Å². The fourth-order valence-corrected chi connectivity index (χ4v) is 6.08. The third-order valence-corrected chi connectivity index (χ3v) is 8.38. The van der Waals surface area contributed by atoms with Gasteiger partial charge in [0.05, 0.1) is 19.4 Å². The lowest BCUT2D eigenvalue weighted by Crippen LogP contribution is -2.22. The molecule has 0 amide bonds. The molecule has 0 aliphatic carbocycles. The van der Waals surface area contributed by atoms with Crippen molar-refractivity contribution in [2.75, 3.05) is 20.3 Å². The van der Waals surface area contributed by atoms with Crippen LogP contribution in [0.2, 0.25) is 0 Å². The normalized spacial score (nSPS) is 11.1. The number of ether oxygens (including phenoxy) is 2. The molecule has 2 heterocycles. The van der Waals surface area contributed by atoms with Gasteiger partial charge in [-0.15, -0.1) is 0 Å². The molecule has 0 bridgehead atoms. The van der Waals surface area contributed by atoms with Crippen LogP contribution in [0.4, 0.5) is 0 Å². The number of benzene rings is 2. The van der Waals surface area contributed by atoms with Gasteiger partial charge in [0.1, 0.15) is 11.5 Å². The average Bonchev–Trinajstić information content (AvgIpc) is 3.40. The maximum Gasteiger partial charge on any atom is 0.293 e. The quantitative estimate of drug-likeness (QED) is 0.0282. The predicted molar refractivity (Wildman–Crippen MR) is 197 cm³/mol. The van der Waals surface area contributed by atoms with Crippen LogP contribution in [0, 0.1) is 5.41 Å². The SMILES string of the molecule is C=C(CCCCNN)CCc1cccc(-c2ccc3c(c2)c(CC(C)(C)COC=O)c(-c2cccnc2C(=C)OC)n3CC)c1.CC. The summed E-state index contributed by atoms with van der Waals surface area (Å²) in [5.41, 5.74) is 12.4. The van der Waals surface area contributed by atoms with Crippen molar-refractivity contribution < 1.29 is 14.3 Å². The van der Waals surface area contributed by atoms with Crippen LogP contribution in [0.25, 0.3) is 39.0 Å². The first-order valence-electron chi connectivity index (χ1n) is 16.8. The monoisotopic (exact) mass is 638 g/mol. The van der Waals surface area contributed by atoms with Crippen molar-refractivity contribution in [2.24, 2.45) is 11.3 Å². The topological polar surface area (TPSA) is 91.4 Å². The van der Waals surface area contributed by atoms with E-state index in [-0.39, 0.29) is 5.41 Å². The number of carbonyl (C=O) groups excluding carboxylic acids is 1. The maximum atomic E-state index is 11.1. The molecule has 0 saturated carbocycles. The number of hydrogen-bond acceptors (Lipinski definition) is 6. The molecular formula is C40H54N4O3. The molecule has 252 valence electrons. The minimum atomic E-state index is -0.303. The lowest BCUT2D eigenvalue weighted by Gasteiger charge is -2.24. The molecule has 7 nitrogen and oxygen atoms in total. The Morgan fingerprint density at radius 2 is 1.81 bits per heavy atom. The van der Waals surface area contributed by atoms with Gasteiger partial charge >= 0.3 is 0 Å². The summed E-state index contributed by atoms with van der Waals surface area (Å²) in [6, 6.07) is 19.6. The number of unbranched alkanes of at least 4 members (excludes halogenated alkanes) is 1. The van der Waals surface area contributed by atoms with Gasteiger partial charge in [-0.05, 0) is 92.0 Å². The van der Waals surface area contributed by atoms with Crippen LogP contribution in [-0.2, 0) is 33.7 Å². The number of nitrogens with zero attached hydrogens (tertiary/aromatic N) is 2. The second-order valence-corrected chi connectivity index (χ2v) is 12.4. The highest BCUT2D eigenvalue weighted by atomic mass is 16.5. The zero-order valence-electron chi connectivity index (χ0n) is 29.3. The fourth-order valence-electron chi connectivity index (χ4n) is 6.08. The Labute approximate surface area is 281 Å². The molecule has 7 heteroatoms. The van der Waals surface area contributed by atoms with E-state index in [9.17, 15) is 4.79 Å². The van der Waals surface area contributed by atoms with Crippen LogP contribution in [0.1, 0.15) is 77.1 Å². The highest BCUT2D eigenvalue weighted by molar-refractivity contribution is 5.96. The van der Waals surface area contributed by atoms with E-state index in [1.165, 1.54) is 27.6 Å². The highest BCUT2D eigenvalue weighted by Crippen LogP contribution is 2.41. The average molecular weight is 639 g/mol. The van der Waals surface area contributed by atoms with E-state index in [4.69, 9.17) is 15.3 Å². The maximum absolute atomic E-state index is 11.1. The summed E-state index contributed by atoms with van der Waals surface area (Å²) in [4.78, 5) is 15.8. The number of hydrazine groups is 1. The lowest BCUT2D eigenvalue weighted by atomic mass is 9.84. The number of hydrogen-bond donors (Lipinski definition) is 2. The Hall–Kier alpha value is -4.20. The number of fused-ring (bicyclic) bond motifs is 1. The number of rotatable bonds is 18. The summed E-state index contributed by atoms with van der Waals surface area (Å²) in [6.45, 7) is 21.3. The standard InChI is InChI=1S/C38H48N4O3.C2H6/c1-7-42-35-19-18-31(30-14-10-13-29(22-30)17-16-27(2)12-8-9-21-41-39)23-33(35)34(24-38(4,5)25-45-26-43)37(42)32-15-11-20-40-36(32)28(3)44-6;1-2/h10-11,13-15,18-20,22-23,26,41H,2-3,7-9,12,16-17,21,24-25,39H2,1,4-6H3;1-2H3. The first kappa shape index (κ1) is 37.3. The van der Waals surface area contributed by atoms with Crippen molar-refractivity contribution in [3.05, 3.63) is 96.3 Å². The summed E-state index contributed by atoms with van der Waals surface area (Å²) in [5.74, 6) is 5.90. The molecule has 0 radical (unpaired) electrons. The van der Waals surface area contributed by atoms with Crippen LogP contribution >= 0.6 is 0 Å². The summed E-state index contributed by atoms with van der Waals surface area (Å²) >= 11 is 0. The van der Waals surface area contributed by atoms with Crippen molar-refractivity contribution in [3.63, 3.8) is 0 Å². The summed E-state index contributed by atoms with van der Waals surface area (Å²) < 4.78 is 13.2. The number of pyridine rings is 1. The van der Waals surface area contributed by atoms with Gasteiger partial charge in [0.15, 0.2) is 0 Å². The number of nitrogens with one attached hydrogen (secondary N) is 1. The van der Waals surface area contributed by atoms with Gasteiger partial charge in [0.2, 0.25) is 0 Å². The zero-order chi connectivity index (χ0) is 34.4. The Morgan fingerprint density at radius 1 is 1.04 bits per heavy atom. The molecule has 2 aromatic carbocycles. The zero-order valence-corrected chi connectivity index (χ0v) is 29.3.